The maximum atomic E-state index is 11.5. The van der Waals surface area contributed by atoms with Crippen molar-refractivity contribution >= 4 is 12.2 Å². The quantitative estimate of drug-likeness (QED) is 0.309. The minimum absolute atomic E-state index is 0.108. The Balaban J connectivity index is 2.27. The van der Waals surface area contributed by atoms with E-state index in [4.69, 9.17) is 19.9 Å². The highest BCUT2D eigenvalue weighted by Gasteiger charge is 2.56. The number of amidine groups is 1. The number of carbonyl (C=O) groups is 1. The van der Waals surface area contributed by atoms with Gasteiger partial charge in [0.05, 0.1) is 13.2 Å². The highest BCUT2D eigenvalue weighted by Crippen LogP contribution is 2.39. The third-order valence-corrected chi connectivity index (χ3v) is 3.77. The fraction of sp³-hybridized carbons (Fsp3) is 0.714. The average molecular weight is 329 g/mol. The first-order valence-corrected chi connectivity index (χ1v) is 7.25. The molecule has 1 amide bonds. The van der Waals surface area contributed by atoms with Gasteiger partial charge < -0.3 is 30.2 Å². The van der Waals surface area contributed by atoms with Crippen molar-refractivity contribution in [1.29, 1.82) is 0 Å². The van der Waals surface area contributed by atoms with Gasteiger partial charge in [0.1, 0.15) is 24.1 Å². The van der Waals surface area contributed by atoms with E-state index in [0.717, 1.165) is 0 Å². The molecular formula is C14H23N3O6. The maximum absolute atomic E-state index is 11.5. The first-order valence-electron chi connectivity index (χ1n) is 7.25. The van der Waals surface area contributed by atoms with Gasteiger partial charge >= 0.3 is 0 Å². The number of ether oxygens (including phenoxy) is 3. The highest BCUT2D eigenvalue weighted by atomic mass is 16.8. The zero-order valence-electron chi connectivity index (χ0n) is 13.4. The predicted molar refractivity (Wildman–Crippen MR) is 80.2 cm³/mol. The van der Waals surface area contributed by atoms with E-state index >= 15 is 0 Å². The molecule has 2 rings (SSSR count). The molecule has 4 N–H and O–H groups in total. The maximum Gasteiger partial charge on any atom is 0.215 e. The first kappa shape index (κ1) is 17.8. The molecule has 0 bridgehead atoms. The molecule has 0 aliphatic carbocycles. The second kappa shape index (κ2) is 6.93. The predicted octanol–water partition coefficient (Wildman–Crippen LogP) is -1.45. The van der Waals surface area contributed by atoms with E-state index in [0.29, 0.717) is 6.41 Å². The summed E-state index contributed by atoms with van der Waals surface area (Å²) in [4.78, 5) is 16.5. The molecule has 4 unspecified atom stereocenters. The molecular weight excluding hydrogens is 306 g/mol. The number of nitrogens with two attached hydrogens (primary N) is 1. The molecule has 9 nitrogen and oxygen atoms in total. The van der Waals surface area contributed by atoms with Crippen LogP contribution in [0.1, 0.15) is 13.8 Å². The summed E-state index contributed by atoms with van der Waals surface area (Å²) in [5.41, 5.74) is 5.94. The standard InChI is InChI=1S/C14H23N3O6/c1-14(2)22-10-9(6-19)21-13(11(10)23-14)17(7-20)4-8(5-18)12(15)16-3/h4,7,9-11,13,18-19H,5-6H2,1-3H3,(H2,15,16)/b8-4-. The second-order valence-corrected chi connectivity index (χ2v) is 5.79. The number of amides is 1. The van der Waals surface area contributed by atoms with E-state index in [1.54, 1.807) is 13.8 Å². The molecule has 2 saturated heterocycles. The Bertz CT molecular complexity index is 507. The molecule has 2 aliphatic rings. The molecule has 0 spiro atoms. The normalized spacial score (nSPS) is 33.6. The van der Waals surface area contributed by atoms with E-state index in [1.165, 1.54) is 18.1 Å². The van der Waals surface area contributed by atoms with Crippen LogP contribution in [-0.4, -0.2) is 77.9 Å². The summed E-state index contributed by atoms with van der Waals surface area (Å²) in [5.74, 6) is -0.733. The summed E-state index contributed by atoms with van der Waals surface area (Å²) in [5, 5.41) is 18.8. The molecule has 130 valence electrons. The van der Waals surface area contributed by atoms with Crippen molar-refractivity contribution in [2.24, 2.45) is 10.7 Å². The Hall–Kier alpha value is -1.52. The lowest BCUT2D eigenvalue weighted by Crippen LogP contribution is -2.41. The fourth-order valence-corrected chi connectivity index (χ4v) is 2.72. The molecule has 23 heavy (non-hydrogen) atoms. The smallest absolute Gasteiger partial charge is 0.215 e. The zero-order valence-corrected chi connectivity index (χ0v) is 13.4. The van der Waals surface area contributed by atoms with Crippen molar-refractivity contribution in [3.63, 3.8) is 0 Å². The van der Waals surface area contributed by atoms with Crippen molar-refractivity contribution in [2.75, 3.05) is 20.3 Å². The topological polar surface area (TPSA) is 127 Å². The van der Waals surface area contributed by atoms with Crippen LogP contribution in [0.3, 0.4) is 0 Å². The van der Waals surface area contributed by atoms with Gasteiger partial charge in [0, 0.05) is 18.8 Å². The van der Waals surface area contributed by atoms with Crippen molar-refractivity contribution in [3.05, 3.63) is 11.8 Å². The van der Waals surface area contributed by atoms with Crippen LogP contribution in [0.15, 0.2) is 16.8 Å². The van der Waals surface area contributed by atoms with Crippen molar-refractivity contribution in [2.45, 2.75) is 44.2 Å². The molecule has 0 aromatic carbocycles. The number of aliphatic hydroxyl groups excluding tert-OH is 2. The molecule has 0 radical (unpaired) electrons. The molecule has 4 atom stereocenters. The summed E-state index contributed by atoms with van der Waals surface area (Å²) >= 11 is 0. The van der Waals surface area contributed by atoms with Gasteiger partial charge in [-0.15, -0.1) is 0 Å². The van der Waals surface area contributed by atoms with Gasteiger partial charge in [-0.25, -0.2) is 0 Å². The van der Waals surface area contributed by atoms with E-state index < -0.39 is 30.3 Å². The number of carbonyl (C=O) groups excluding carboxylic acids is 1. The second-order valence-electron chi connectivity index (χ2n) is 5.79. The van der Waals surface area contributed by atoms with Gasteiger partial charge in [-0.3, -0.25) is 14.7 Å². The molecule has 0 aromatic rings. The lowest BCUT2D eigenvalue weighted by molar-refractivity contribution is -0.204. The number of hydrogen-bond donors (Lipinski definition) is 3. The van der Waals surface area contributed by atoms with Gasteiger partial charge in [-0.2, -0.15) is 0 Å². The number of nitrogens with zero attached hydrogens (tertiary/aromatic N) is 2. The summed E-state index contributed by atoms with van der Waals surface area (Å²) in [6.07, 6.45) is -0.589. The Morgan fingerprint density at radius 3 is 2.52 bits per heavy atom. The minimum atomic E-state index is -0.841. The molecule has 9 heteroatoms. The number of fused-ring (bicyclic) bond motifs is 1. The van der Waals surface area contributed by atoms with Crippen molar-refractivity contribution in [3.8, 4) is 0 Å². The van der Waals surface area contributed by atoms with Crippen molar-refractivity contribution < 1.29 is 29.2 Å². The number of rotatable bonds is 6. The Morgan fingerprint density at radius 2 is 2.00 bits per heavy atom. The van der Waals surface area contributed by atoms with Crippen LogP contribution in [0.4, 0.5) is 0 Å². The van der Waals surface area contributed by atoms with Crippen molar-refractivity contribution in [1.82, 2.24) is 4.90 Å². The third-order valence-electron chi connectivity index (χ3n) is 3.77. The lowest BCUT2D eigenvalue weighted by atomic mass is 10.1. The Labute approximate surface area is 134 Å². The van der Waals surface area contributed by atoms with Crippen LogP contribution < -0.4 is 5.73 Å². The van der Waals surface area contributed by atoms with E-state index in [9.17, 15) is 15.0 Å². The van der Waals surface area contributed by atoms with E-state index in [-0.39, 0.29) is 24.6 Å². The van der Waals surface area contributed by atoms with Crippen LogP contribution in [0.25, 0.3) is 0 Å². The Morgan fingerprint density at radius 1 is 1.35 bits per heavy atom. The molecule has 2 aliphatic heterocycles. The minimum Gasteiger partial charge on any atom is -0.394 e. The zero-order chi connectivity index (χ0) is 17.2. The number of aliphatic imine (C=N–C) groups is 1. The Kier molecular flexibility index (Phi) is 5.37. The van der Waals surface area contributed by atoms with E-state index in [2.05, 4.69) is 4.99 Å². The molecule has 0 aromatic heterocycles. The van der Waals surface area contributed by atoms with Crippen LogP contribution in [-0.2, 0) is 19.0 Å². The van der Waals surface area contributed by atoms with Crippen LogP contribution in [0, 0.1) is 0 Å². The van der Waals surface area contributed by atoms with Gasteiger partial charge in [0.15, 0.2) is 12.0 Å². The van der Waals surface area contributed by atoms with E-state index in [1.807, 2.05) is 0 Å². The summed E-state index contributed by atoms with van der Waals surface area (Å²) in [6.45, 7) is 2.84. The van der Waals surface area contributed by atoms with Crippen LogP contribution in [0.2, 0.25) is 0 Å². The average Bonchev–Trinajstić information content (AvgIpc) is 3.01. The number of aliphatic hydroxyl groups is 2. The molecule has 0 saturated carbocycles. The largest absolute Gasteiger partial charge is 0.394 e. The van der Waals surface area contributed by atoms with Gasteiger partial charge in [0.25, 0.3) is 0 Å². The summed E-state index contributed by atoms with van der Waals surface area (Å²) in [6, 6.07) is 0. The summed E-state index contributed by atoms with van der Waals surface area (Å²) in [7, 11) is 1.48. The van der Waals surface area contributed by atoms with Crippen LogP contribution in [0.5, 0.6) is 0 Å². The monoisotopic (exact) mass is 329 g/mol. The van der Waals surface area contributed by atoms with Gasteiger partial charge in [0.2, 0.25) is 6.41 Å². The lowest BCUT2D eigenvalue weighted by Gasteiger charge is -2.28. The molecule has 2 heterocycles. The van der Waals surface area contributed by atoms with Gasteiger partial charge in [-0.1, -0.05) is 0 Å². The van der Waals surface area contributed by atoms with Crippen LogP contribution >= 0.6 is 0 Å². The number of hydrogen-bond acceptors (Lipinski definition) is 7. The summed E-state index contributed by atoms with van der Waals surface area (Å²) < 4.78 is 17.2. The first-order chi connectivity index (χ1) is 10.9. The SMILES string of the molecule is CN=C(N)/C(=C\N(C=O)C1OC(CO)C2OC(C)(C)OC21)CO. The van der Waals surface area contributed by atoms with Gasteiger partial charge in [-0.05, 0) is 13.8 Å². The fourth-order valence-electron chi connectivity index (χ4n) is 2.72. The highest BCUT2D eigenvalue weighted by molar-refractivity contribution is 5.97. The molecule has 2 fully saturated rings. The third kappa shape index (κ3) is 3.54.